The highest BCUT2D eigenvalue weighted by Gasteiger charge is 2.16. The molecule has 0 saturated carbocycles. The van der Waals surface area contributed by atoms with Gasteiger partial charge >= 0.3 is 0 Å². The minimum atomic E-state index is -0.0884. The third-order valence-electron chi connectivity index (χ3n) is 2.64. The Bertz CT molecular complexity index is 351. The van der Waals surface area contributed by atoms with Crippen molar-refractivity contribution in [1.82, 2.24) is 0 Å². The molecule has 2 N–H and O–H groups in total. The number of benzene rings is 1. The highest BCUT2D eigenvalue weighted by Crippen LogP contribution is 2.25. The fourth-order valence-electron chi connectivity index (χ4n) is 1.45. The first-order valence-electron chi connectivity index (χ1n) is 5.47. The Kier molecular flexibility index (Phi) is 4.39. The first kappa shape index (κ1) is 13.5. The summed E-state index contributed by atoms with van der Waals surface area (Å²) in [4.78, 5) is 0. The number of hydrogen-bond donors (Lipinski definition) is 2. The quantitative estimate of drug-likeness (QED) is 0.888. The van der Waals surface area contributed by atoms with Crippen LogP contribution in [0.1, 0.15) is 25.0 Å². The highest BCUT2D eigenvalue weighted by atomic mass is 79.9. The number of halogens is 1. The lowest BCUT2D eigenvalue weighted by molar-refractivity contribution is 0.171. The van der Waals surface area contributed by atoms with Crippen LogP contribution in [0.5, 0.6) is 0 Å². The Balaban J connectivity index is 2.76. The van der Waals surface area contributed by atoms with Gasteiger partial charge in [-0.15, -0.1) is 0 Å². The zero-order valence-corrected chi connectivity index (χ0v) is 12.0. The number of anilines is 1. The van der Waals surface area contributed by atoms with E-state index in [4.69, 9.17) is 0 Å². The average Bonchev–Trinajstić information content (AvgIpc) is 2.23. The van der Waals surface area contributed by atoms with E-state index in [-0.39, 0.29) is 12.0 Å². The van der Waals surface area contributed by atoms with Gasteiger partial charge in [0.1, 0.15) is 0 Å². The van der Waals surface area contributed by atoms with Crippen LogP contribution in [0.4, 0.5) is 5.69 Å². The van der Waals surface area contributed by atoms with Crippen molar-refractivity contribution in [2.24, 2.45) is 5.41 Å². The number of nitrogens with one attached hydrogen (secondary N) is 1. The van der Waals surface area contributed by atoms with Crippen molar-refractivity contribution in [3.05, 3.63) is 27.7 Å². The molecule has 0 heterocycles. The second-order valence-corrected chi connectivity index (χ2v) is 5.89. The molecule has 1 aromatic carbocycles. The topological polar surface area (TPSA) is 32.3 Å². The van der Waals surface area contributed by atoms with Gasteiger partial charge in [0.2, 0.25) is 0 Å². The first-order valence-corrected chi connectivity index (χ1v) is 6.26. The predicted molar refractivity (Wildman–Crippen MR) is 73.0 cm³/mol. The molecule has 0 radical (unpaired) electrons. The van der Waals surface area contributed by atoms with Gasteiger partial charge in [-0.1, -0.05) is 29.8 Å². The normalized spacial score (nSPS) is 11.6. The van der Waals surface area contributed by atoms with E-state index < -0.39 is 0 Å². The van der Waals surface area contributed by atoms with Crippen LogP contribution in [0, 0.1) is 19.3 Å². The molecule has 0 saturated heterocycles. The maximum atomic E-state index is 9.18. The largest absolute Gasteiger partial charge is 0.396 e. The molecule has 2 nitrogen and oxygen atoms in total. The summed E-state index contributed by atoms with van der Waals surface area (Å²) < 4.78 is 1.17. The van der Waals surface area contributed by atoms with Crippen molar-refractivity contribution in [3.63, 3.8) is 0 Å². The molecule has 0 unspecified atom stereocenters. The summed E-state index contributed by atoms with van der Waals surface area (Å²) in [7, 11) is 0. The van der Waals surface area contributed by atoms with Crippen LogP contribution in [0.15, 0.2) is 16.6 Å². The number of aryl methyl sites for hydroxylation is 2. The molecule has 0 aromatic heterocycles. The fraction of sp³-hybridized carbons (Fsp3) is 0.538. The van der Waals surface area contributed by atoms with E-state index >= 15 is 0 Å². The molecular formula is C13H20BrNO. The second kappa shape index (κ2) is 5.19. The molecule has 1 rings (SSSR count). The SMILES string of the molecule is Cc1cc(NCC(C)(C)CO)cc(C)c1Br. The second-order valence-electron chi connectivity index (χ2n) is 5.10. The molecule has 0 amide bonds. The van der Waals surface area contributed by atoms with Crippen LogP contribution in [0.25, 0.3) is 0 Å². The summed E-state index contributed by atoms with van der Waals surface area (Å²) in [6, 6.07) is 4.23. The molecule has 16 heavy (non-hydrogen) atoms. The maximum Gasteiger partial charge on any atom is 0.0498 e. The summed E-state index contributed by atoms with van der Waals surface area (Å²) in [5.74, 6) is 0. The van der Waals surface area contributed by atoms with Gasteiger partial charge in [0.25, 0.3) is 0 Å². The van der Waals surface area contributed by atoms with Gasteiger partial charge in [-0.05, 0) is 37.1 Å². The van der Waals surface area contributed by atoms with Crippen molar-refractivity contribution in [1.29, 1.82) is 0 Å². The van der Waals surface area contributed by atoms with Crippen molar-refractivity contribution >= 4 is 21.6 Å². The van der Waals surface area contributed by atoms with E-state index in [0.717, 1.165) is 12.2 Å². The lowest BCUT2D eigenvalue weighted by Crippen LogP contribution is -2.26. The molecule has 0 aliphatic rings. The summed E-state index contributed by atoms with van der Waals surface area (Å²) in [6.45, 7) is 9.20. The Labute approximate surface area is 106 Å². The van der Waals surface area contributed by atoms with Crippen molar-refractivity contribution < 1.29 is 5.11 Å². The third kappa shape index (κ3) is 3.49. The number of aliphatic hydroxyl groups is 1. The van der Waals surface area contributed by atoms with E-state index in [0.29, 0.717) is 0 Å². The first-order chi connectivity index (χ1) is 7.35. The van der Waals surface area contributed by atoms with E-state index in [9.17, 15) is 5.11 Å². The van der Waals surface area contributed by atoms with Gasteiger partial charge in [-0.3, -0.25) is 0 Å². The van der Waals surface area contributed by atoms with Crippen molar-refractivity contribution in [3.8, 4) is 0 Å². The molecule has 0 atom stereocenters. The van der Waals surface area contributed by atoms with Gasteiger partial charge in [0.05, 0.1) is 0 Å². The summed E-state index contributed by atoms with van der Waals surface area (Å²) in [6.07, 6.45) is 0. The molecule has 3 heteroatoms. The zero-order valence-electron chi connectivity index (χ0n) is 10.4. The Morgan fingerprint density at radius 1 is 1.25 bits per heavy atom. The molecule has 0 fully saturated rings. The third-order valence-corrected chi connectivity index (χ3v) is 3.89. The molecule has 0 spiro atoms. The lowest BCUT2D eigenvalue weighted by Gasteiger charge is -2.23. The minimum absolute atomic E-state index is 0.0884. The number of rotatable bonds is 4. The standard InChI is InChI=1S/C13H20BrNO/c1-9-5-11(6-10(2)12(9)14)15-7-13(3,4)8-16/h5-6,15-16H,7-8H2,1-4H3. The molecular weight excluding hydrogens is 266 g/mol. The van der Waals surface area contributed by atoms with Crippen LogP contribution in [0.2, 0.25) is 0 Å². The highest BCUT2D eigenvalue weighted by molar-refractivity contribution is 9.10. The van der Waals surface area contributed by atoms with Crippen LogP contribution in [-0.4, -0.2) is 18.3 Å². The van der Waals surface area contributed by atoms with Crippen molar-refractivity contribution in [2.75, 3.05) is 18.5 Å². The van der Waals surface area contributed by atoms with E-state index in [1.165, 1.54) is 15.6 Å². The molecule has 0 aliphatic heterocycles. The van der Waals surface area contributed by atoms with Crippen LogP contribution < -0.4 is 5.32 Å². The van der Waals surface area contributed by atoms with Crippen molar-refractivity contribution in [2.45, 2.75) is 27.7 Å². The van der Waals surface area contributed by atoms with E-state index in [1.54, 1.807) is 0 Å². The van der Waals surface area contributed by atoms with Crippen LogP contribution >= 0.6 is 15.9 Å². The smallest absolute Gasteiger partial charge is 0.0498 e. The monoisotopic (exact) mass is 285 g/mol. The Hall–Kier alpha value is -0.540. The van der Waals surface area contributed by atoms with Gasteiger partial charge in [-0.25, -0.2) is 0 Å². The van der Waals surface area contributed by atoms with Gasteiger partial charge in [-0.2, -0.15) is 0 Å². The lowest BCUT2D eigenvalue weighted by atomic mass is 9.95. The Morgan fingerprint density at radius 3 is 2.19 bits per heavy atom. The van der Waals surface area contributed by atoms with E-state index in [1.807, 2.05) is 13.8 Å². The van der Waals surface area contributed by atoms with Gasteiger partial charge in [0, 0.05) is 28.7 Å². The Morgan fingerprint density at radius 2 is 1.75 bits per heavy atom. The summed E-state index contributed by atoms with van der Waals surface area (Å²) >= 11 is 3.55. The molecule has 0 bridgehead atoms. The minimum Gasteiger partial charge on any atom is -0.396 e. The molecule has 1 aromatic rings. The van der Waals surface area contributed by atoms with Crippen LogP contribution in [0.3, 0.4) is 0 Å². The zero-order chi connectivity index (χ0) is 12.3. The van der Waals surface area contributed by atoms with Gasteiger partial charge in [0.15, 0.2) is 0 Å². The number of hydrogen-bond acceptors (Lipinski definition) is 2. The maximum absolute atomic E-state index is 9.18. The average molecular weight is 286 g/mol. The predicted octanol–water partition coefficient (Wildman–Crippen LogP) is 3.50. The summed E-state index contributed by atoms with van der Waals surface area (Å²) in [5.41, 5.74) is 3.47. The van der Waals surface area contributed by atoms with Gasteiger partial charge < -0.3 is 10.4 Å². The summed E-state index contributed by atoms with van der Waals surface area (Å²) in [5, 5.41) is 12.5. The molecule has 90 valence electrons. The van der Waals surface area contributed by atoms with E-state index in [2.05, 4.69) is 47.2 Å². The van der Waals surface area contributed by atoms with Crippen LogP contribution in [-0.2, 0) is 0 Å². The number of aliphatic hydroxyl groups excluding tert-OH is 1. The molecule has 0 aliphatic carbocycles. The fourth-order valence-corrected chi connectivity index (χ4v) is 1.67.